The van der Waals surface area contributed by atoms with Crippen molar-refractivity contribution in [2.75, 3.05) is 6.61 Å². The highest BCUT2D eigenvalue weighted by atomic mass is 32.3. The van der Waals surface area contributed by atoms with Crippen LogP contribution in [-0.4, -0.2) is 30.8 Å². The second kappa shape index (κ2) is 6.29. The maximum Gasteiger partial charge on any atom is 0.397 e. The van der Waals surface area contributed by atoms with Gasteiger partial charge < -0.3 is 5.11 Å². The number of fused-ring (bicyclic) bond motifs is 5. The van der Waals surface area contributed by atoms with E-state index in [9.17, 15) is 13.5 Å². The first-order chi connectivity index (χ1) is 12.2. The van der Waals surface area contributed by atoms with Crippen molar-refractivity contribution in [3.05, 3.63) is 11.6 Å². The molecular weight excluding hydrogens is 352 g/mol. The van der Waals surface area contributed by atoms with Crippen LogP contribution in [-0.2, 0) is 14.6 Å². The van der Waals surface area contributed by atoms with Crippen LogP contribution in [0.2, 0.25) is 0 Å². The lowest BCUT2D eigenvalue weighted by Crippen LogP contribution is -2.51. The van der Waals surface area contributed by atoms with Crippen molar-refractivity contribution in [2.45, 2.75) is 71.3 Å². The first kappa shape index (κ1) is 18.9. The molecule has 4 rings (SSSR count). The third-order valence-electron chi connectivity index (χ3n) is 8.73. The molecule has 0 unspecified atom stereocenters. The van der Waals surface area contributed by atoms with Crippen molar-refractivity contribution in [2.24, 2.45) is 34.5 Å². The average molecular weight is 385 g/mol. The Kier molecular flexibility index (Phi) is 4.58. The molecule has 26 heavy (non-hydrogen) atoms. The molecule has 0 heterocycles. The van der Waals surface area contributed by atoms with E-state index in [1.807, 2.05) is 6.08 Å². The van der Waals surface area contributed by atoms with Crippen molar-refractivity contribution < 1.29 is 22.3 Å². The minimum Gasteiger partial charge on any atom is -0.396 e. The highest BCUT2D eigenvalue weighted by Crippen LogP contribution is 2.66. The van der Waals surface area contributed by atoms with Gasteiger partial charge in [-0.25, -0.2) is 4.18 Å². The molecule has 0 aromatic rings. The molecule has 2 N–H and O–H groups in total. The summed E-state index contributed by atoms with van der Waals surface area (Å²) in [6.45, 7) is 5.09. The second-order valence-corrected chi connectivity index (χ2v) is 10.7. The van der Waals surface area contributed by atoms with Crippen LogP contribution >= 0.6 is 0 Å². The standard InChI is InChI=1S/C20H32O5S/c1-19-9-7-15(25-26(22,23)24)11-13(19)3-5-16-17-6-4-14(12-21)20(17,2)10-8-18(16)19/h11,14-18,21H,3-10,12H2,1-2H3,(H,22,23,24)/t14-,15+,16+,17+,18+,19+,20-/m1/s1. The minimum atomic E-state index is -4.40. The van der Waals surface area contributed by atoms with E-state index < -0.39 is 16.5 Å². The Balaban J connectivity index is 1.59. The van der Waals surface area contributed by atoms with Gasteiger partial charge in [-0.2, -0.15) is 8.42 Å². The number of aliphatic hydroxyl groups is 1. The van der Waals surface area contributed by atoms with E-state index in [4.69, 9.17) is 8.74 Å². The zero-order valence-corrected chi connectivity index (χ0v) is 16.7. The van der Waals surface area contributed by atoms with Gasteiger partial charge in [0.25, 0.3) is 0 Å². The summed E-state index contributed by atoms with van der Waals surface area (Å²) in [5.41, 5.74) is 1.75. The predicted octanol–water partition coefficient (Wildman–Crippen LogP) is 3.75. The van der Waals surface area contributed by atoms with E-state index in [-0.39, 0.29) is 5.41 Å². The van der Waals surface area contributed by atoms with Gasteiger partial charge in [-0.15, -0.1) is 0 Å². The van der Waals surface area contributed by atoms with Gasteiger partial charge in [0.15, 0.2) is 0 Å². The Hall–Kier alpha value is -0.430. The van der Waals surface area contributed by atoms with Crippen LogP contribution in [0.3, 0.4) is 0 Å². The van der Waals surface area contributed by atoms with Crippen LogP contribution in [0.1, 0.15) is 65.2 Å². The van der Waals surface area contributed by atoms with Crippen molar-refractivity contribution in [1.29, 1.82) is 0 Å². The van der Waals surface area contributed by atoms with Crippen LogP contribution in [0.15, 0.2) is 11.6 Å². The third-order valence-corrected chi connectivity index (χ3v) is 9.22. The molecule has 0 aromatic carbocycles. The SMILES string of the molecule is C[C@]12CC[C@H]3[C@@H](CCC4=C[C@@H](OS(=O)(=O)O)CC[C@@]43C)[C@@H]1CC[C@@H]2CO. The Morgan fingerprint density at radius 3 is 2.58 bits per heavy atom. The number of hydrogen-bond acceptors (Lipinski definition) is 4. The summed E-state index contributed by atoms with van der Waals surface area (Å²) in [6, 6.07) is 0. The van der Waals surface area contributed by atoms with E-state index >= 15 is 0 Å². The Morgan fingerprint density at radius 1 is 1.12 bits per heavy atom. The fraction of sp³-hybridized carbons (Fsp3) is 0.900. The van der Waals surface area contributed by atoms with Crippen LogP contribution < -0.4 is 0 Å². The molecular formula is C20H32O5S. The minimum absolute atomic E-state index is 0.126. The monoisotopic (exact) mass is 384 g/mol. The maximum atomic E-state index is 11.1. The zero-order chi connectivity index (χ0) is 18.7. The van der Waals surface area contributed by atoms with Crippen LogP contribution in [0.5, 0.6) is 0 Å². The lowest BCUT2D eigenvalue weighted by molar-refractivity contribution is -0.0609. The molecule has 0 spiro atoms. The van der Waals surface area contributed by atoms with E-state index in [0.29, 0.717) is 42.1 Å². The molecule has 3 saturated carbocycles. The topological polar surface area (TPSA) is 83.8 Å². The van der Waals surface area contributed by atoms with Gasteiger partial charge in [0.1, 0.15) is 0 Å². The summed E-state index contributed by atoms with van der Waals surface area (Å²) in [4.78, 5) is 0. The van der Waals surface area contributed by atoms with Crippen LogP contribution in [0, 0.1) is 34.5 Å². The second-order valence-electron chi connectivity index (χ2n) is 9.63. The van der Waals surface area contributed by atoms with Crippen LogP contribution in [0.25, 0.3) is 0 Å². The summed E-state index contributed by atoms with van der Waals surface area (Å²) in [5, 5.41) is 9.83. The van der Waals surface area contributed by atoms with Gasteiger partial charge in [0.2, 0.25) is 0 Å². The Morgan fingerprint density at radius 2 is 1.88 bits per heavy atom. The zero-order valence-electron chi connectivity index (χ0n) is 15.9. The fourth-order valence-corrected chi connectivity index (χ4v) is 7.80. The molecule has 0 radical (unpaired) electrons. The van der Waals surface area contributed by atoms with Crippen molar-refractivity contribution in [3.8, 4) is 0 Å². The highest BCUT2D eigenvalue weighted by molar-refractivity contribution is 7.80. The van der Waals surface area contributed by atoms with Crippen LogP contribution in [0.4, 0.5) is 0 Å². The largest absolute Gasteiger partial charge is 0.397 e. The van der Waals surface area contributed by atoms with Gasteiger partial charge in [-0.3, -0.25) is 4.55 Å². The molecule has 0 aliphatic heterocycles. The number of allylic oxidation sites excluding steroid dienone is 1. The van der Waals surface area contributed by atoms with Crippen molar-refractivity contribution in [3.63, 3.8) is 0 Å². The predicted molar refractivity (Wildman–Crippen MR) is 98.7 cm³/mol. The number of aliphatic hydroxyl groups excluding tert-OH is 1. The van der Waals surface area contributed by atoms with Crippen molar-refractivity contribution in [1.82, 2.24) is 0 Å². The summed E-state index contributed by atoms with van der Waals surface area (Å²) in [5.74, 6) is 2.52. The lowest BCUT2D eigenvalue weighted by atomic mass is 9.47. The van der Waals surface area contributed by atoms with Gasteiger partial charge in [0.05, 0.1) is 6.10 Å². The smallest absolute Gasteiger partial charge is 0.396 e. The summed E-state index contributed by atoms with van der Waals surface area (Å²) in [6.07, 6.45) is 9.97. The molecule has 4 aliphatic carbocycles. The van der Waals surface area contributed by atoms with Crippen molar-refractivity contribution >= 4 is 10.4 Å². The molecule has 0 saturated heterocycles. The molecule has 0 bridgehead atoms. The summed E-state index contributed by atoms with van der Waals surface area (Å²) < 4.78 is 36.0. The van der Waals surface area contributed by atoms with E-state index in [2.05, 4.69) is 13.8 Å². The Labute approximate surface area is 157 Å². The molecule has 148 valence electrons. The van der Waals surface area contributed by atoms with E-state index in [1.165, 1.54) is 24.8 Å². The Bertz CT molecular complexity index is 701. The quantitative estimate of drug-likeness (QED) is 0.572. The molecule has 3 fully saturated rings. The van der Waals surface area contributed by atoms with Gasteiger partial charge in [-0.1, -0.05) is 25.5 Å². The maximum absolute atomic E-state index is 11.1. The molecule has 4 aliphatic rings. The summed E-state index contributed by atoms with van der Waals surface area (Å²) >= 11 is 0. The number of rotatable bonds is 3. The molecule has 0 aromatic heterocycles. The third kappa shape index (κ3) is 2.88. The molecule has 5 nitrogen and oxygen atoms in total. The molecule has 6 heteroatoms. The normalized spacial score (nSPS) is 48.3. The van der Waals surface area contributed by atoms with E-state index in [1.54, 1.807) is 0 Å². The first-order valence-electron chi connectivity index (χ1n) is 10.1. The van der Waals surface area contributed by atoms with E-state index in [0.717, 1.165) is 25.7 Å². The average Bonchev–Trinajstić information content (AvgIpc) is 2.90. The van der Waals surface area contributed by atoms with Gasteiger partial charge >= 0.3 is 10.4 Å². The fourth-order valence-electron chi connectivity index (χ4n) is 7.34. The molecule has 7 atom stereocenters. The summed E-state index contributed by atoms with van der Waals surface area (Å²) in [7, 11) is -4.40. The molecule has 0 amide bonds. The lowest BCUT2D eigenvalue weighted by Gasteiger charge is -2.58. The highest BCUT2D eigenvalue weighted by Gasteiger charge is 2.58. The first-order valence-corrected chi connectivity index (χ1v) is 11.5. The van der Waals surface area contributed by atoms with Gasteiger partial charge in [-0.05, 0) is 85.9 Å². The van der Waals surface area contributed by atoms with Gasteiger partial charge in [0, 0.05) is 6.61 Å². The number of hydrogen-bond donors (Lipinski definition) is 2.